The lowest BCUT2D eigenvalue weighted by molar-refractivity contribution is -0.145. The molecule has 0 aromatic carbocycles. The summed E-state index contributed by atoms with van der Waals surface area (Å²) in [5, 5.41) is 0. The molecule has 0 aromatic heterocycles. The molecule has 0 aliphatic heterocycles. The minimum atomic E-state index is 0.249. The van der Waals surface area contributed by atoms with E-state index in [1.807, 2.05) is 0 Å². The van der Waals surface area contributed by atoms with Crippen LogP contribution in [0.1, 0.15) is 44.9 Å². The van der Waals surface area contributed by atoms with E-state index in [4.69, 9.17) is 0 Å². The van der Waals surface area contributed by atoms with Crippen LogP contribution in [0, 0.1) is 23.7 Å². The summed E-state index contributed by atoms with van der Waals surface area (Å²) in [6.45, 7) is 0. The SMILES string of the molecule is O=C1CC(=O)[C@@H]2CCCC3CCCC1C32. The highest BCUT2D eigenvalue weighted by molar-refractivity contribution is 6.04. The first-order valence-corrected chi connectivity index (χ1v) is 6.33. The van der Waals surface area contributed by atoms with E-state index in [2.05, 4.69) is 0 Å². The van der Waals surface area contributed by atoms with Gasteiger partial charge in [-0.15, -0.1) is 0 Å². The van der Waals surface area contributed by atoms with Crippen molar-refractivity contribution in [2.24, 2.45) is 23.7 Å². The second-order valence-electron chi connectivity index (χ2n) is 5.52. The molecule has 0 amide bonds. The van der Waals surface area contributed by atoms with Gasteiger partial charge in [-0.2, -0.15) is 0 Å². The summed E-state index contributed by atoms with van der Waals surface area (Å²) in [7, 11) is 0. The minimum absolute atomic E-state index is 0.249. The van der Waals surface area contributed by atoms with Gasteiger partial charge in [0.05, 0.1) is 6.42 Å². The highest BCUT2D eigenvalue weighted by atomic mass is 16.2. The van der Waals surface area contributed by atoms with Gasteiger partial charge in [-0.1, -0.05) is 25.7 Å². The van der Waals surface area contributed by atoms with Crippen LogP contribution in [0.2, 0.25) is 0 Å². The molecule has 3 saturated carbocycles. The van der Waals surface area contributed by atoms with Crippen molar-refractivity contribution in [2.45, 2.75) is 44.9 Å². The molecule has 0 heterocycles. The molecular weight excluding hydrogens is 188 g/mol. The second-order valence-corrected chi connectivity index (χ2v) is 5.52. The van der Waals surface area contributed by atoms with Gasteiger partial charge in [0.1, 0.15) is 11.6 Å². The Morgan fingerprint density at radius 3 is 1.87 bits per heavy atom. The summed E-state index contributed by atoms with van der Waals surface area (Å²) in [6.07, 6.45) is 7.31. The van der Waals surface area contributed by atoms with Crippen LogP contribution in [0.25, 0.3) is 0 Å². The summed E-state index contributed by atoms with van der Waals surface area (Å²) in [4.78, 5) is 23.7. The van der Waals surface area contributed by atoms with Crippen molar-refractivity contribution in [3.05, 3.63) is 0 Å². The van der Waals surface area contributed by atoms with E-state index in [0.29, 0.717) is 11.8 Å². The van der Waals surface area contributed by atoms with Crippen LogP contribution in [-0.4, -0.2) is 11.6 Å². The van der Waals surface area contributed by atoms with Gasteiger partial charge in [-0.25, -0.2) is 0 Å². The molecule has 0 saturated heterocycles. The molecule has 0 radical (unpaired) electrons. The molecule has 2 nitrogen and oxygen atoms in total. The van der Waals surface area contributed by atoms with Crippen LogP contribution in [0.5, 0.6) is 0 Å². The van der Waals surface area contributed by atoms with Crippen LogP contribution < -0.4 is 0 Å². The number of ketones is 2. The highest BCUT2D eigenvalue weighted by Crippen LogP contribution is 2.50. The van der Waals surface area contributed by atoms with Gasteiger partial charge in [0.2, 0.25) is 0 Å². The normalized spacial score (nSPS) is 45.1. The van der Waals surface area contributed by atoms with Crippen LogP contribution in [0.3, 0.4) is 0 Å². The third kappa shape index (κ3) is 1.37. The Bertz CT molecular complexity index is 280. The molecule has 0 aromatic rings. The van der Waals surface area contributed by atoms with Gasteiger partial charge < -0.3 is 0 Å². The number of rotatable bonds is 0. The van der Waals surface area contributed by atoms with Crippen LogP contribution in [0.15, 0.2) is 0 Å². The largest absolute Gasteiger partial charge is 0.299 e. The van der Waals surface area contributed by atoms with Gasteiger partial charge in [-0.05, 0) is 24.7 Å². The standard InChI is InChI=1S/C13H18O2/c14-11-7-12(15)10-6-2-4-8-3-1-5-9(11)13(8)10/h8-10,13H,1-7H2/t8?,9-,10?,13?/m0/s1. The number of hydrogen-bond donors (Lipinski definition) is 0. The zero-order valence-electron chi connectivity index (χ0n) is 9.08. The van der Waals surface area contributed by atoms with Crippen LogP contribution in [0.4, 0.5) is 0 Å². The Hall–Kier alpha value is -0.660. The fourth-order valence-electron chi connectivity index (χ4n) is 4.24. The molecule has 3 aliphatic rings. The Labute approximate surface area is 90.4 Å². The maximum Gasteiger partial charge on any atom is 0.143 e. The quantitative estimate of drug-likeness (QED) is 0.570. The maximum absolute atomic E-state index is 11.8. The average Bonchev–Trinajstić information content (AvgIpc) is 2.25. The highest BCUT2D eigenvalue weighted by Gasteiger charge is 2.49. The number of hydrogen-bond acceptors (Lipinski definition) is 2. The average molecular weight is 206 g/mol. The summed E-state index contributed by atoms with van der Waals surface area (Å²) in [5.41, 5.74) is 0. The third-order valence-electron chi connectivity index (χ3n) is 4.83. The van der Waals surface area contributed by atoms with E-state index in [1.54, 1.807) is 0 Å². The predicted octanol–water partition coefficient (Wildman–Crippen LogP) is 2.36. The maximum atomic E-state index is 11.8. The third-order valence-corrected chi connectivity index (χ3v) is 4.83. The number of carbonyl (C=O) groups is 2. The second kappa shape index (κ2) is 3.43. The fourth-order valence-corrected chi connectivity index (χ4v) is 4.24. The van der Waals surface area contributed by atoms with Gasteiger partial charge in [0, 0.05) is 11.8 Å². The molecule has 0 spiro atoms. The monoisotopic (exact) mass is 206 g/mol. The molecule has 0 N–H and O–H groups in total. The molecule has 15 heavy (non-hydrogen) atoms. The molecule has 3 fully saturated rings. The van der Waals surface area contributed by atoms with E-state index in [9.17, 15) is 9.59 Å². The van der Waals surface area contributed by atoms with E-state index in [1.165, 1.54) is 25.7 Å². The number of Topliss-reactive ketones (excluding diaryl/α,β-unsaturated/α-hetero) is 2. The zero-order chi connectivity index (χ0) is 10.4. The Morgan fingerprint density at radius 2 is 1.33 bits per heavy atom. The predicted molar refractivity (Wildman–Crippen MR) is 56.3 cm³/mol. The smallest absolute Gasteiger partial charge is 0.143 e. The topological polar surface area (TPSA) is 34.1 Å². The molecule has 3 unspecified atom stereocenters. The van der Waals surface area contributed by atoms with Gasteiger partial charge in [-0.3, -0.25) is 9.59 Å². The Morgan fingerprint density at radius 1 is 0.800 bits per heavy atom. The Balaban J connectivity index is 1.94. The molecular formula is C13H18O2. The van der Waals surface area contributed by atoms with Crippen molar-refractivity contribution in [1.29, 1.82) is 0 Å². The molecule has 3 rings (SSSR count). The summed E-state index contributed by atoms with van der Waals surface area (Å²) < 4.78 is 0. The molecule has 3 aliphatic carbocycles. The first kappa shape index (κ1) is 9.56. The Kier molecular flexibility index (Phi) is 2.18. The lowest BCUT2D eigenvalue weighted by atomic mass is 9.55. The summed E-state index contributed by atoms with van der Waals surface area (Å²) in [5.74, 6) is 2.16. The van der Waals surface area contributed by atoms with Crippen molar-refractivity contribution in [2.75, 3.05) is 0 Å². The van der Waals surface area contributed by atoms with Gasteiger partial charge in [0.25, 0.3) is 0 Å². The minimum Gasteiger partial charge on any atom is -0.299 e. The first-order valence-electron chi connectivity index (χ1n) is 6.33. The van der Waals surface area contributed by atoms with Crippen molar-refractivity contribution in [3.8, 4) is 0 Å². The molecule has 0 bridgehead atoms. The molecule has 82 valence electrons. The fraction of sp³-hybridized carbons (Fsp3) is 0.846. The van der Waals surface area contributed by atoms with E-state index >= 15 is 0 Å². The van der Waals surface area contributed by atoms with Crippen LogP contribution in [-0.2, 0) is 9.59 Å². The van der Waals surface area contributed by atoms with Gasteiger partial charge in [0.15, 0.2) is 0 Å². The lowest BCUT2D eigenvalue weighted by Gasteiger charge is -2.47. The van der Waals surface area contributed by atoms with E-state index in [-0.39, 0.29) is 29.8 Å². The van der Waals surface area contributed by atoms with Crippen molar-refractivity contribution in [3.63, 3.8) is 0 Å². The van der Waals surface area contributed by atoms with E-state index < -0.39 is 0 Å². The summed E-state index contributed by atoms with van der Waals surface area (Å²) >= 11 is 0. The lowest BCUT2D eigenvalue weighted by Crippen LogP contribution is -2.48. The van der Waals surface area contributed by atoms with Gasteiger partial charge >= 0.3 is 0 Å². The molecule has 4 atom stereocenters. The molecule has 2 heteroatoms. The van der Waals surface area contributed by atoms with E-state index in [0.717, 1.165) is 12.8 Å². The van der Waals surface area contributed by atoms with Crippen molar-refractivity contribution < 1.29 is 9.59 Å². The first-order chi connectivity index (χ1) is 7.27. The summed E-state index contributed by atoms with van der Waals surface area (Å²) in [6, 6.07) is 0. The van der Waals surface area contributed by atoms with Crippen LogP contribution >= 0.6 is 0 Å². The zero-order valence-corrected chi connectivity index (χ0v) is 9.08. The van der Waals surface area contributed by atoms with Crippen molar-refractivity contribution >= 4 is 11.6 Å². The van der Waals surface area contributed by atoms with Crippen molar-refractivity contribution in [1.82, 2.24) is 0 Å². The number of carbonyl (C=O) groups excluding carboxylic acids is 2.